The zero-order chi connectivity index (χ0) is 13.1. The lowest BCUT2D eigenvalue weighted by molar-refractivity contribution is -0.146. The van der Waals surface area contributed by atoms with E-state index in [1.807, 2.05) is 0 Å². The molecule has 1 saturated heterocycles. The van der Waals surface area contributed by atoms with E-state index in [2.05, 4.69) is 21.7 Å². The highest BCUT2D eigenvalue weighted by Gasteiger charge is 2.49. The predicted molar refractivity (Wildman–Crippen MR) is 69.2 cm³/mol. The Morgan fingerprint density at radius 2 is 2.33 bits per heavy atom. The maximum Gasteiger partial charge on any atom is 0.243 e. The molecule has 2 heterocycles. The molecule has 0 aliphatic carbocycles. The Morgan fingerprint density at radius 3 is 3.00 bits per heavy atom. The van der Waals surface area contributed by atoms with Crippen molar-refractivity contribution in [1.82, 2.24) is 5.32 Å². The molecule has 2 aliphatic heterocycles. The number of nitrogens with one attached hydrogen (secondary N) is 1. The average Bonchev–Trinajstić information content (AvgIpc) is 2.76. The number of aliphatic imine (C=N–C) groups is 1. The summed E-state index contributed by atoms with van der Waals surface area (Å²) in [4.78, 5) is 7.49. The molecule has 6 nitrogen and oxygen atoms in total. The molecule has 0 aromatic heterocycles. The monoisotopic (exact) mass is 269 g/mol. The molecule has 18 heavy (non-hydrogen) atoms. The number of thioether (sulfide) groups is 1. The fourth-order valence-electron chi connectivity index (χ4n) is 1.91. The second-order valence-corrected chi connectivity index (χ2v) is 5.16. The van der Waals surface area contributed by atoms with Gasteiger partial charge >= 0.3 is 0 Å². The van der Waals surface area contributed by atoms with Crippen LogP contribution < -0.4 is 5.32 Å². The highest BCUT2D eigenvalue weighted by atomic mass is 32.2. The van der Waals surface area contributed by atoms with Crippen LogP contribution in [0.15, 0.2) is 17.6 Å². The fraction of sp³-hybridized carbons (Fsp3) is 0.636. The molecule has 3 N–H and O–H groups in total. The van der Waals surface area contributed by atoms with E-state index >= 15 is 0 Å². The summed E-state index contributed by atoms with van der Waals surface area (Å²) in [5.41, 5.74) is -0.345. The van der Waals surface area contributed by atoms with Crippen molar-refractivity contribution < 1.29 is 14.9 Å². The van der Waals surface area contributed by atoms with Crippen molar-refractivity contribution in [2.24, 2.45) is 4.99 Å². The van der Waals surface area contributed by atoms with Crippen LogP contribution in [0.3, 0.4) is 0 Å². The van der Waals surface area contributed by atoms with E-state index in [0.29, 0.717) is 11.7 Å². The molecule has 0 aromatic rings. The minimum Gasteiger partial charge on any atom is -0.388 e. The van der Waals surface area contributed by atoms with E-state index in [1.54, 1.807) is 6.08 Å². The molecule has 0 aromatic carbocycles. The van der Waals surface area contributed by atoms with Crippen molar-refractivity contribution in [2.45, 2.75) is 29.8 Å². The van der Waals surface area contributed by atoms with Gasteiger partial charge < -0.3 is 25.1 Å². The lowest BCUT2D eigenvalue weighted by atomic mass is 9.98. The first-order valence-electron chi connectivity index (χ1n) is 5.61. The van der Waals surface area contributed by atoms with Crippen LogP contribution in [0.5, 0.6) is 0 Å². The molecule has 2 rings (SSSR count). The van der Waals surface area contributed by atoms with E-state index in [4.69, 9.17) is 11.3 Å². The number of aliphatic hydroxyl groups is 2. The molecule has 2 aliphatic rings. The van der Waals surface area contributed by atoms with Gasteiger partial charge in [0.2, 0.25) is 6.54 Å². The summed E-state index contributed by atoms with van der Waals surface area (Å²) >= 11 is 1.36. The number of hydrogen-bond donors (Lipinski definition) is 3. The van der Waals surface area contributed by atoms with Crippen LogP contribution in [0.25, 0.3) is 4.85 Å². The van der Waals surface area contributed by atoms with Crippen LogP contribution >= 0.6 is 11.8 Å². The molecule has 0 bridgehead atoms. The van der Waals surface area contributed by atoms with Gasteiger partial charge in [-0.05, 0) is 0 Å². The molecular formula is C11H15N3O3S. The summed E-state index contributed by atoms with van der Waals surface area (Å²) in [7, 11) is 0. The fourth-order valence-corrected chi connectivity index (χ4v) is 3.04. The topological polar surface area (TPSA) is 78.4 Å². The number of aliphatic hydroxyl groups excluding tert-OH is 2. The summed E-state index contributed by atoms with van der Waals surface area (Å²) in [6.07, 6.45) is -1.01. The van der Waals surface area contributed by atoms with Crippen LogP contribution in [0, 0.1) is 6.57 Å². The van der Waals surface area contributed by atoms with Gasteiger partial charge in [-0.25, -0.2) is 6.57 Å². The Kier molecular flexibility index (Phi) is 4.24. The van der Waals surface area contributed by atoms with Gasteiger partial charge in [0.25, 0.3) is 0 Å². The lowest BCUT2D eigenvalue weighted by Gasteiger charge is -2.35. The van der Waals surface area contributed by atoms with Gasteiger partial charge in [-0.1, -0.05) is 17.8 Å². The Bertz CT molecular complexity index is 395. The summed E-state index contributed by atoms with van der Waals surface area (Å²) in [6.45, 7) is 11.0. The van der Waals surface area contributed by atoms with Crippen LogP contribution in [0.2, 0.25) is 0 Å². The average molecular weight is 269 g/mol. The first-order chi connectivity index (χ1) is 8.67. The number of hydrogen-bond acceptors (Lipinski definition) is 6. The SMILES string of the molecule is [C-]#[N+]C[C@H]1O[C@@H]2SC(NCC=C)=N[C@@H]2[C@@H](O)[C@@H]1O. The molecule has 0 saturated carbocycles. The molecule has 5 atom stereocenters. The van der Waals surface area contributed by atoms with E-state index < -0.39 is 24.4 Å². The van der Waals surface area contributed by atoms with Crippen molar-refractivity contribution in [3.63, 3.8) is 0 Å². The first-order valence-corrected chi connectivity index (χ1v) is 6.49. The standard InChI is InChI=1S/C11H15N3O3S/c1-3-4-13-11-14-7-9(16)8(15)6(5-12-2)17-10(7)18-11/h3,6-10,15-16H,1,4-5H2,(H,13,14)/t6-,7-,8-,9-,10-/m1/s1. The first kappa shape index (κ1) is 13.4. The third-order valence-electron chi connectivity index (χ3n) is 2.83. The number of fused-ring (bicyclic) bond motifs is 1. The molecule has 1 fully saturated rings. The van der Waals surface area contributed by atoms with E-state index in [1.165, 1.54) is 11.8 Å². The molecular weight excluding hydrogens is 254 g/mol. The zero-order valence-electron chi connectivity index (χ0n) is 9.69. The van der Waals surface area contributed by atoms with E-state index in [-0.39, 0.29) is 12.0 Å². The van der Waals surface area contributed by atoms with Gasteiger partial charge in [0.1, 0.15) is 23.7 Å². The molecule has 7 heteroatoms. The second kappa shape index (κ2) is 5.71. The number of nitrogens with zero attached hydrogens (tertiary/aromatic N) is 2. The van der Waals surface area contributed by atoms with Crippen molar-refractivity contribution >= 4 is 16.9 Å². The Hall–Kier alpha value is -1.07. The quantitative estimate of drug-likeness (QED) is 0.480. The number of amidine groups is 1. The Labute approximate surface area is 110 Å². The van der Waals surface area contributed by atoms with Crippen molar-refractivity contribution in [1.29, 1.82) is 0 Å². The van der Waals surface area contributed by atoms with Crippen molar-refractivity contribution in [3.05, 3.63) is 24.1 Å². The van der Waals surface area contributed by atoms with Gasteiger partial charge in [-0.2, -0.15) is 0 Å². The summed E-state index contributed by atoms with van der Waals surface area (Å²) in [6, 6.07) is -0.487. The third kappa shape index (κ3) is 2.52. The van der Waals surface area contributed by atoms with Gasteiger partial charge in [-0.15, -0.1) is 6.58 Å². The summed E-state index contributed by atoms with van der Waals surface area (Å²) in [5, 5.41) is 23.5. The number of rotatable bonds is 3. The molecule has 0 radical (unpaired) electrons. The van der Waals surface area contributed by atoms with Crippen molar-refractivity contribution in [2.75, 3.05) is 13.1 Å². The van der Waals surface area contributed by atoms with Crippen LogP contribution in [0.4, 0.5) is 0 Å². The highest BCUT2D eigenvalue weighted by Crippen LogP contribution is 2.35. The third-order valence-corrected chi connectivity index (χ3v) is 3.93. The van der Waals surface area contributed by atoms with Gasteiger partial charge in [0.15, 0.2) is 11.3 Å². The molecule has 0 amide bonds. The van der Waals surface area contributed by atoms with Gasteiger partial charge in [0.05, 0.1) is 0 Å². The predicted octanol–water partition coefficient (Wildman–Crippen LogP) is -0.401. The van der Waals surface area contributed by atoms with Gasteiger partial charge in [0, 0.05) is 6.54 Å². The van der Waals surface area contributed by atoms with E-state index in [9.17, 15) is 10.2 Å². The van der Waals surface area contributed by atoms with E-state index in [0.717, 1.165) is 0 Å². The normalized spacial score (nSPS) is 38.5. The molecule has 0 spiro atoms. The molecule has 98 valence electrons. The Balaban J connectivity index is 2.04. The zero-order valence-corrected chi connectivity index (χ0v) is 10.5. The minimum absolute atomic E-state index is 0.0391. The lowest BCUT2D eigenvalue weighted by Crippen LogP contribution is -2.55. The summed E-state index contributed by atoms with van der Waals surface area (Å²) in [5.74, 6) is 0. The highest BCUT2D eigenvalue weighted by molar-refractivity contribution is 8.14. The molecule has 0 unspecified atom stereocenters. The smallest absolute Gasteiger partial charge is 0.243 e. The summed E-state index contributed by atoms with van der Waals surface area (Å²) < 4.78 is 5.60. The largest absolute Gasteiger partial charge is 0.388 e. The second-order valence-electron chi connectivity index (χ2n) is 4.08. The maximum atomic E-state index is 9.99. The maximum absolute atomic E-state index is 9.99. The Morgan fingerprint density at radius 1 is 1.56 bits per heavy atom. The van der Waals surface area contributed by atoms with Crippen LogP contribution in [-0.2, 0) is 4.74 Å². The van der Waals surface area contributed by atoms with Crippen LogP contribution in [0.1, 0.15) is 0 Å². The van der Waals surface area contributed by atoms with Gasteiger partial charge in [-0.3, -0.25) is 4.99 Å². The minimum atomic E-state index is -1.07. The van der Waals surface area contributed by atoms with Crippen molar-refractivity contribution in [3.8, 4) is 0 Å². The van der Waals surface area contributed by atoms with Crippen LogP contribution in [-0.4, -0.2) is 58.3 Å². The number of ether oxygens (including phenoxy) is 1.